The lowest BCUT2D eigenvalue weighted by molar-refractivity contribution is 1.29. The molecule has 1 heterocycles. The van der Waals surface area contributed by atoms with Gasteiger partial charge in [0.2, 0.25) is 0 Å². The molecule has 0 bridgehead atoms. The van der Waals surface area contributed by atoms with Crippen molar-refractivity contribution >= 4 is 31.5 Å². The second-order valence-electron chi connectivity index (χ2n) is 5.40. The van der Waals surface area contributed by atoms with Crippen LogP contribution in [0.5, 0.6) is 0 Å². The average molecular weight is 272 g/mol. The van der Waals surface area contributed by atoms with Crippen molar-refractivity contribution in [1.82, 2.24) is 0 Å². The van der Waals surface area contributed by atoms with Crippen molar-refractivity contribution in [3.63, 3.8) is 0 Å². The van der Waals surface area contributed by atoms with Crippen LogP contribution in [0.2, 0.25) is 0 Å². The Morgan fingerprint density at radius 1 is 0.700 bits per heavy atom. The minimum absolute atomic E-state index is 1.07. The van der Waals surface area contributed by atoms with E-state index in [1.54, 1.807) is 0 Å². The number of thiophene rings is 1. The summed E-state index contributed by atoms with van der Waals surface area (Å²) in [6.07, 6.45) is 1.07. The molecular weight excluding hydrogens is 260 g/mol. The predicted octanol–water partition coefficient (Wildman–Crippen LogP) is 5.63. The van der Waals surface area contributed by atoms with E-state index in [2.05, 4.69) is 60.7 Å². The van der Waals surface area contributed by atoms with Crippen LogP contribution >= 0.6 is 11.3 Å². The zero-order valence-electron chi connectivity index (χ0n) is 10.9. The fourth-order valence-electron chi connectivity index (χ4n) is 3.45. The summed E-state index contributed by atoms with van der Waals surface area (Å²) in [4.78, 5) is 0. The minimum atomic E-state index is 1.07. The van der Waals surface area contributed by atoms with Crippen LogP contribution in [0.4, 0.5) is 0 Å². The molecule has 0 aliphatic heterocycles. The van der Waals surface area contributed by atoms with Crippen molar-refractivity contribution in [2.75, 3.05) is 0 Å². The lowest BCUT2D eigenvalue weighted by Crippen LogP contribution is -1.81. The highest BCUT2D eigenvalue weighted by atomic mass is 32.1. The van der Waals surface area contributed by atoms with Gasteiger partial charge in [0.05, 0.1) is 0 Å². The molecule has 0 saturated heterocycles. The lowest BCUT2D eigenvalue weighted by Gasteiger charge is -2.02. The first-order chi connectivity index (χ1) is 9.92. The Labute approximate surface area is 121 Å². The Hall–Kier alpha value is -2.12. The first-order valence-corrected chi connectivity index (χ1v) is 7.75. The molecule has 0 amide bonds. The highest BCUT2D eigenvalue weighted by Crippen LogP contribution is 2.45. The molecule has 3 aromatic carbocycles. The lowest BCUT2D eigenvalue weighted by atomic mass is 10.0. The number of hydrogen-bond acceptors (Lipinski definition) is 1. The van der Waals surface area contributed by atoms with Crippen molar-refractivity contribution in [2.45, 2.75) is 6.42 Å². The second-order valence-corrected chi connectivity index (χ2v) is 6.48. The van der Waals surface area contributed by atoms with Gasteiger partial charge in [-0.25, -0.2) is 0 Å². The molecule has 0 spiro atoms. The topological polar surface area (TPSA) is 0 Å². The van der Waals surface area contributed by atoms with Gasteiger partial charge in [0.15, 0.2) is 0 Å². The van der Waals surface area contributed by atoms with Crippen LogP contribution in [-0.4, -0.2) is 0 Å². The highest BCUT2D eigenvalue weighted by Gasteiger charge is 2.21. The molecule has 1 aliphatic rings. The van der Waals surface area contributed by atoms with Crippen molar-refractivity contribution in [2.24, 2.45) is 0 Å². The molecule has 0 unspecified atom stereocenters. The largest absolute Gasteiger partial charge is 0.135 e. The number of rotatable bonds is 0. The summed E-state index contributed by atoms with van der Waals surface area (Å²) in [7, 11) is 0. The Morgan fingerprint density at radius 3 is 2.55 bits per heavy atom. The summed E-state index contributed by atoms with van der Waals surface area (Å²) in [5.74, 6) is 0. The number of benzene rings is 3. The smallest absolute Gasteiger partial charge is 0.0358 e. The third-order valence-electron chi connectivity index (χ3n) is 4.33. The normalized spacial score (nSPS) is 12.8. The van der Waals surface area contributed by atoms with E-state index in [9.17, 15) is 0 Å². The Morgan fingerprint density at radius 2 is 1.55 bits per heavy atom. The summed E-state index contributed by atoms with van der Waals surface area (Å²) < 4.78 is 2.81. The molecule has 1 heteroatoms. The van der Waals surface area contributed by atoms with E-state index < -0.39 is 0 Å². The van der Waals surface area contributed by atoms with Gasteiger partial charge in [0, 0.05) is 20.2 Å². The summed E-state index contributed by atoms with van der Waals surface area (Å²) in [6.45, 7) is 0. The van der Waals surface area contributed by atoms with Gasteiger partial charge in [-0.15, -0.1) is 11.3 Å². The third kappa shape index (κ3) is 1.26. The van der Waals surface area contributed by atoms with Gasteiger partial charge in [0.25, 0.3) is 0 Å². The quantitative estimate of drug-likeness (QED) is 0.343. The number of fused-ring (bicyclic) bond motifs is 7. The van der Waals surface area contributed by atoms with E-state index in [-0.39, 0.29) is 0 Å². The number of hydrogen-bond donors (Lipinski definition) is 0. The zero-order valence-corrected chi connectivity index (χ0v) is 11.7. The maximum absolute atomic E-state index is 2.30. The first kappa shape index (κ1) is 10.6. The maximum Gasteiger partial charge on any atom is 0.0358 e. The molecule has 94 valence electrons. The minimum Gasteiger partial charge on any atom is -0.135 e. The molecule has 4 aromatic rings. The van der Waals surface area contributed by atoms with Crippen LogP contribution in [0.1, 0.15) is 11.1 Å². The summed E-state index contributed by atoms with van der Waals surface area (Å²) in [6, 6.07) is 22.2. The van der Waals surface area contributed by atoms with Crippen LogP contribution in [0.3, 0.4) is 0 Å². The van der Waals surface area contributed by atoms with Crippen molar-refractivity contribution in [1.29, 1.82) is 0 Å². The molecule has 0 N–H and O–H groups in total. The van der Waals surface area contributed by atoms with E-state index in [0.29, 0.717) is 0 Å². The van der Waals surface area contributed by atoms with Crippen molar-refractivity contribution in [3.05, 3.63) is 71.8 Å². The van der Waals surface area contributed by atoms with Gasteiger partial charge in [-0.3, -0.25) is 0 Å². The van der Waals surface area contributed by atoms with Gasteiger partial charge in [-0.1, -0.05) is 48.5 Å². The molecule has 0 radical (unpaired) electrons. The average Bonchev–Trinajstić information content (AvgIpc) is 3.04. The summed E-state index contributed by atoms with van der Waals surface area (Å²) >= 11 is 1.91. The first-order valence-electron chi connectivity index (χ1n) is 6.93. The van der Waals surface area contributed by atoms with Crippen LogP contribution in [0, 0.1) is 0 Å². The van der Waals surface area contributed by atoms with Gasteiger partial charge >= 0.3 is 0 Å². The monoisotopic (exact) mass is 272 g/mol. The van der Waals surface area contributed by atoms with Crippen molar-refractivity contribution in [3.8, 4) is 11.1 Å². The fourth-order valence-corrected chi connectivity index (χ4v) is 4.59. The SMILES string of the molecule is c1ccc2c(c1)Cc1c-2ccc2sc3ccccc3c12. The van der Waals surface area contributed by atoms with Crippen LogP contribution in [0.25, 0.3) is 31.3 Å². The maximum atomic E-state index is 2.30. The van der Waals surface area contributed by atoms with Crippen LogP contribution in [0.15, 0.2) is 60.7 Å². The molecular formula is C19H12S. The highest BCUT2D eigenvalue weighted by molar-refractivity contribution is 7.25. The Balaban J connectivity index is 1.96. The zero-order chi connectivity index (χ0) is 13.1. The summed E-state index contributed by atoms with van der Waals surface area (Å²) in [5, 5.41) is 2.89. The van der Waals surface area contributed by atoms with Gasteiger partial charge in [-0.2, -0.15) is 0 Å². The van der Waals surface area contributed by atoms with Crippen LogP contribution in [-0.2, 0) is 6.42 Å². The molecule has 0 nitrogen and oxygen atoms in total. The fraction of sp³-hybridized carbons (Fsp3) is 0.0526. The van der Waals surface area contributed by atoms with Crippen molar-refractivity contribution < 1.29 is 0 Å². The molecule has 1 aromatic heterocycles. The molecule has 0 saturated carbocycles. The van der Waals surface area contributed by atoms with Crippen LogP contribution < -0.4 is 0 Å². The van der Waals surface area contributed by atoms with E-state index in [1.165, 1.54) is 42.4 Å². The molecule has 0 fully saturated rings. The standard InChI is InChI=1S/C19H12S/c1-2-6-13-12(5-1)11-16-14(13)9-10-18-19(16)15-7-3-4-8-17(15)20-18/h1-10H,11H2. The summed E-state index contributed by atoms with van der Waals surface area (Å²) in [5.41, 5.74) is 5.82. The van der Waals surface area contributed by atoms with Gasteiger partial charge < -0.3 is 0 Å². The molecule has 0 atom stereocenters. The predicted molar refractivity (Wildman–Crippen MR) is 87.6 cm³/mol. The molecule has 1 aliphatic carbocycles. The molecule has 20 heavy (non-hydrogen) atoms. The Kier molecular flexibility index (Phi) is 1.97. The Bertz CT molecular complexity index is 976. The third-order valence-corrected chi connectivity index (χ3v) is 5.46. The van der Waals surface area contributed by atoms with Gasteiger partial charge in [0.1, 0.15) is 0 Å². The van der Waals surface area contributed by atoms with Gasteiger partial charge in [-0.05, 0) is 40.8 Å². The van der Waals surface area contributed by atoms with E-state index in [4.69, 9.17) is 0 Å². The van der Waals surface area contributed by atoms with E-state index >= 15 is 0 Å². The molecule has 5 rings (SSSR count). The van der Waals surface area contributed by atoms with E-state index in [0.717, 1.165) is 6.42 Å². The second kappa shape index (κ2) is 3.71. The van der Waals surface area contributed by atoms with E-state index in [1.807, 2.05) is 11.3 Å².